The van der Waals surface area contributed by atoms with Crippen molar-refractivity contribution in [3.8, 4) is 0 Å². The summed E-state index contributed by atoms with van der Waals surface area (Å²) in [5.74, 6) is 3.36. The van der Waals surface area contributed by atoms with Crippen molar-refractivity contribution in [1.29, 1.82) is 0 Å². The summed E-state index contributed by atoms with van der Waals surface area (Å²) < 4.78 is 39.0. The second kappa shape index (κ2) is 7.64. The number of halogens is 3. The van der Waals surface area contributed by atoms with Crippen molar-refractivity contribution in [2.24, 2.45) is 40.4 Å². The van der Waals surface area contributed by atoms with Crippen LogP contribution in [0.25, 0.3) is 0 Å². The number of alkyl halides is 3. The number of fused-ring (bicyclic) bond motifs is 5. The van der Waals surface area contributed by atoms with Crippen molar-refractivity contribution < 1.29 is 23.4 Å². The average molecular weight is 431 g/mol. The van der Waals surface area contributed by atoms with E-state index in [1.165, 1.54) is 32.1 Å². The van der Waals surface area contributed by atoms with Crippen molar-refractivity contribution in [3.05, 3.63) is 0 Å². The maximum absolute atomic E-state index is 13.0. The molecule has 8 unspecified atom stereocenters. The summed E-state index contributed by atoms with van der Waals surface area (Å²) in [6.07, 6.45) is 6.79. The minimum absolute atomic E-state index is 0.113. The summed E-state index contributed by atoms with van der Waals surface area (Å²) in [4.78, 5) is 0. The Morgan fingerprint density at radius 1 is 0.900 bits per heavy atom. The lowest BCUT2D eigenvalue weighted by molar-refractivity contribution is -0.255. The topological polar surface area (TPSA) is 40.5 Å². The molecule has 0 aliphatic heterocycles. The van der Waals surface area contributed by atoms with Crippen LogP contribution in [0.4, 0.5) is 13.2 Å². The molecule has 0 amide bonds. The molecule has 4 aliphatic carbocycles. The first-order valence-electron chi connectivity index (χ1n) is 12.4. The minimum atomic E-state index is -4.55. The van der Waals surface area contributed by atoms with Crippen LogP contribution < -0.4 is 0 Å². The fourth-order valence-corrected chi connectivity index (χ4v) is 8.65. The Labute approximate surface area is 180 Å². The van der Waals surface area contributed by atoms with Gasteiger partial charge in [-0.3, -0.25) is 0 Å². The summed E-state index contributed by atoms with van der Waals surface area (Å²) in [5.41, 5.74) is -1.95. The van der Waals surface area contributed by atoms with Crippen molar-refractivity contribution in [2.45, 2.75) is 116 Å². The highest BCUT2D eigenvalue weighted by Gasteiger charge is 2.60. The highest BCUT2D eigenvalue weighted by Crippen LogP contribution is 2.68. The molecule has 2 N–H and O–H groups in total. The molecule has 0 aromatic rings. The Morgan fingerprint density at radius 2 is 1.57 bits per heavy atom. The van der Waals surface area contributed by atoms with Crippen LogP contribution in [0.5, 0.6) is 0 Å². The largest absolute Gasteiger partial charge is 0.416 e. The molecule has 0 aromatic carbocycles. The molecule has 0 bridgehead atoms. The maximum Gasteiger partial charge on any atom is 0.416 e. The van der Waals surface area contributed by atoms with Gasteiger partial charge in [-0.05, 0) is 124 Å². The number of hydrogen-bond acceptors (Lipinski definition) is 2. The Bertz CT molecular complexity index is 632. The molecule has 5 heteroatoms. The number of hydrogen-bond donors (Lipinski definition) is 2. The quantitative estimate of drug-likeness (QED) is 0.535. The highest BCUT2D eigenvalue weighted by atomic mass is 19.4. The van der Waals surface area contributed by atoms with Gasteiger partial charge >= 0.3 is 6.18 Å². The van der Waals surface area contributed by atoms with E-state index in [-0.39, 0.29) is 17.9 Å². The molecule has 4 aliphatic rings. The van der Waals surface area contributed by atoms with Gasteiger partial charge in [0.15, 0.2) is 5.60 Å². The lowest BCUT2D eigenvalue weighted by Gasteiger charge is -2.61. The molecular weight excluding hydrogens is 389 g/mol. The van der Waals surface area contributed by atoms with Crippen LogP contribution >= 0.6 is 0 Å². The Hall–Kier alpha value is -0.290. The van der Waals surface area contributed by atoms with Gasteiger partial charge in [-0.25, -0.2) is 0 Å². The molecule has 0 heterocycles. The van der Waals surface area contributed by atoms with Crippen LogP contribution in [-0.4, -0.2) is 28.1 Å². The molecule has 9 atom stereocenters. The smallest absolute Gasteiger partial charge is 0.393 e. The second-order valence-electron chi connectivity index (χ2n) is 12.1. The van der Waals surface area contributed by atoms with E-state index in [4.69, 9.17) is 0 Å². The molecule has 0 aromatic heterocycles. The Balaban J connectivity index is 1.42. The van der Waals surface area contributed by atoms with Gasteiger partial charge in [-0.2, -0.15) is 13.2 Å². The third-order valence-corrected chi connectivity index (χ3v) is 10.7. The van der Waals surface area contributed by atoms with Gasteiger partial charge in [0.05, 0.1) is 6.10 Å². The third-order valence-electron chi connectivity index (χ3n) is 10.7. The number of aliphatic hydroxyl groups is 2. The molecule has 4 fully saturated rings. The summed E-state index contributed by atoms with van der Waals surface area (Å²) in [5, 5.41) is 20.0. The summed E-state index contributed by atoms with van der Waals surface area (Å²) in [6, 6.07) is 0. The van der Waals surface area contributed by atoms with Crippen LogP contribution in [0.1, 0.15) is 97.8 Å². The van der Waals surface area contributed by atoms with E-state index >= 15 is 0 Å². The zero-order valence-electron chi connectivity index (χ0n) is 19.0. The third kappa shape index (κ3) is 3.64. The molecule has 0 saturated heterocycles. The standard InChI is InChI=1S/C25H41F3O2/c1-22-14-11-21-19(8-6-17-15-18(29)10-13-23(17,21)2)20(22)9-7-16(22)5-4-12-24(3,30)25(26,27)28/h16-21,29-30H,4-15H2,1-3H3/t16-,17?,18?,19?,20?,21?,22?,23?,24?/m0/s1. The van der Waals surface area contributed by atoms with E-state index in [1.807, 2.05) is 0 Å². The normalized spacial score (nSPS) is 48.4. The van der Waals surface area contributed by atoms with Gasteiger partial charge in [0.25, 0.3) is 0 Å². The first kappa shape index (κ1) is 22.9. The lowest BCUT2D eigenvalue weighted by atomic mass is 9.44. The van der Waals surface area contributed by atoms with Gasteiger partial charge in [0.1, 0.15) is 0 Å². The monoisotopic (exact) mass is 430 g/mol. The molecule has 0 spiro atoms. The molecule has 174 valence electrons. The first-order valence-corrected chi connectivity index (χ1v) is 12.4. The van der Waals surface area contributed by atoms with E-state index < -0.39 is 11.8 Å². The average Bonchev–Trinajstić information content (AvgIpc) is 2.98. The van der Waals surface area contributed by atoms with Gasteiger partial charge in [-0.15, -0.1) is 0 Å². The fraction of sp³-hybridized carbons (Fsp3) is 1.00. The van der Waals surface area contributed by atoms with Crippen LogP contribution in [0.2, 0.25) is 0 Å². The van der Waals surface area contributed by atoms with E-state index in [1.54, 1.807) is 0 Å². The van der Waals surface area contributed by atoms with Crippen LogP contribution in [0.15, 0.2) is 0 Å². The summed E-state index contributed by atoms with van der Waals surface area (Å²) in [6.45, 7) is 5.83. The predicted octanol–water partition coefficient (Wildman–Crippen LogP) is 6.49. The van der Waals surface area contributed by atoms with Crippen LogP contribution in [0.3, 0.4) is 0 Å². The minimum Gasteiger partial charge on any atom is -0.393 e. The van der Waals surface area contributed by atoms with Crippen LogP contribution in [-0.2, 0) is 0 Å². The molecule has 30 heavy (non-hydrogen) atoms. The van der Waals surface area contributed by atoms with Gasteiger partial charge < -0.3 is 10.2 Å². The lowest BCUT2D eigenvalue weighted by Crippen LogP contribution is -2.53. The summed E-state index contributed by atoms with van der Waals surface area (Å²) in [7, 11) is 0. The fourth-order valence-electron chi connectivity index (χ4n) is 8.65. The van der Waals surface area contributed by atoms with Gasteiger partial charge in [0, 0.05) is 0 Å². The van der Waals surface area contributed by atoms with E-state index in [9.17, 15) is 23.4 Å². The zero-order valence-corrected chi connectivity index (χ0v) is 19.0. The van der Waals surface area contributed by atoms with Crippen molar-refractivity contribution in [3.63, 3.8) is 0 Å². The zero-order chi connectivity index (χ0) is 21.9. The van der Waals surface area contributed by atoms with Crippen molar-refractivity contribution >= 4 is 0 Å². The predicted molar refractivity (Wildman–Crippen MR) is 112 cm³/mol. The highest BCUT2D eigenvalue weighted by molar-refractivity contribution is 5.09. The first-order chi connectivity index (χ1) is 13.9. The second-order valence-corrected chi connectivity index (χ2v) is 12.1. The molecule has 2 nitrogen and oxygen atoms in total. The van der Waals surface area contributed by atoms with Gasteiger partial charge in [-0.1, -0.05) is 13.8 Å². The van der Waals surface area contributed by atoms with E-state index in [0.29, 0.717) is 29.6 Å². The maximum atomic E-state index is 13.0. The molecule has 4 rings (SSSR count). The number of rotatable bonds is 4. The summed E-state index contributed by atoms with van der Waals surface area (Å²) >= 11 is 0. The van der Waals surface area contributed by atoms with Crippen molar-refractivity contribution in [2.75, 3.05) is 0 Å². The van der Waals surface area contributed by atoms with Gasteiger partial charge in [0.2, 0.25) is 0 Å². The van der Waals surface area contributed by atoms with Crippen molar-refractivity contribution in [1.82, 2.24) is 0 Å². The Morgan fingerprint density at radius 3 is 2.27 bits per heavy atom. The molecule has 4 saturated carbocycles. The number of aliphatic hydroxyl groups excluding tert-OH is 1. The van der Waals surface area contributed by atoms with Crippen LogP contribution in [0, 0.1) is 40.4 Å². The Kier molecular flexibility index (Phi) is 5.83. The SMILES string of the molecule is CC12CCC(O)CC1CCC1C2CCC2(C)C1CC[C@@H]2CCCC(C)(O)C(F)(F)F. The molecule has 0 radical (unpaired) electrons. The van der Waals surface area contributed by atoms with E-state index in [0.717, 1.165) is 50.9 Å². The van der Waals surface area contributed by atoms with E-state index in [2.05, 4.69) is 13.8 Å². The molecular formula is C25H41F3O2.